The van der Waals surface area contributed by atoms with Crippen molar-refractivity contribution in [2.75, 3.05) is 6.54 Å². The molecular formula is C26H22N2O4S2. The minimum Gasteiger partial charge on any atom is -0.489 e. The van der Waals surface area contributed by atoms with Crippen molar-refractivity contribution in [1.82, 2.24) is 4.90 Å². The summed E-state index contributed by atoms with van der Waals surface area (Å²) in [4.78, 5) is 25.6. The first-order valence-electron chi connectivity index (χ1n) is 10.7. The number of thiocarbonyl (C=S) groups is 1. The molecule has 3 aromatic carbocycles. The summed E-state index contributed by atoms with van der Waals surface area (Å²) in [5, 5.41) is 10.9. The van der Waals surface area contributed by atoms with Gasteiger partial charge < -0.3 is 4.74 Å². The number of ether oxygens (including phenoxy) is 1. The molecule has 0 radical (unpaired) electrons. The van der Waals surface area contributed by atoms with Crippen LogP contribution in [0.25, 0.3) is 6.08 Å². The van der Waals surface area contributed by atoms with Gasteiger partial charge in [-0.2, -0.15) is 0 Å². The largest absolute Gasteiger partial charge is 0.489 e. The highest BCUT2D eigenvalue weighted by molar-refractivity contribution is 8.26. The molecule has 0 spiro atoms. The number of aryl methyl sites for hydroxylation is 1. The Morgan fingerprint density at radius 1 is 1.00 bits per heavy atom. The molecule has 0 bridgehead atoms. The van der Waals surface area contributed by atoms with Crippen molar-refractivity contribution < 1.29 is 14.5 Å². The van der Waals surface area contributed by atoms with Crippen molar-refractivity contribution in [3.8, 4) is 5.75 Å². The molecular weight excluding hydrogens is 468 g/mol. The van der Waals surface area contributed by atoms with E-state index in [9.17, 15) is 14.9 Å². The predicted octanol–water partition coefficient (Wildman–Crippen LogP) is 6.01. The normalized spacial score (nSPS) is 14.6. The molecule has 0 atom stereocenters. The van der Waals surface area contributed by atoms with Gasteiger partial charge >= 0.3 is 0 Å². The number of amides is 1. The van der Waals surface area contributed by atoms with Crippen LogP contribution < -0.4 is 4.74 Å². The number of non-ortho nitro benzene ring substituents is 1. The molecule has 172 valence electrons. The highest BCUT2D eigenvalue weighted by Gasteiger charge is 2.31. The highest BCUT2D eigenvalue weighted by atomic mass is 32.2. The molecule has 34 heavy (non-hydrogen) atoms. The molecule has 1 aliphatic rings. The van der Waals surface area contributed by atoms with Gasteiger partial charge in [0.25, 0.3) is 11.6 Å². The first-order chi connectivity index (χ1) is 16.5. The molecule has 6 nitrogen and oxygen atoms in total. The Balaban J connectivity index is 1.32. The number of nitro groups is 1. The highest BCUT2D eigenvalue weighted by Crippen LogP contribution is 2.33. The Morgan fingerprint density at radius 2 is 1.74 bits per heavy atom. The molecule has 1 fully saturated rings. The van der Waals surface area contributed by atoms with E-state index in [-0.39, 0.29) is 18.2 Å². The van der Waals surface area contributed by atoms with Crippen LogP contribution in [0.2, 0.25) is 0 Å². The van der Waals surface area contributed by atoms with Crippen LogP contribution in [0.4, 0.5) is 5.69 Å². The summed E-state index contributed by atoms with van der Waals surface area (Å²) in [6, 6.07) is 23.9. The number of rotatable bonds is 9. The first-order valence-corrected chi connectivity index (χ1v) is 12.0. The van der Waals surface area contributed by atoms with Crippen LogP contribution in [0.15, 0.2) is 83.8 Å². The summed E-state index contributed by atoms with van der Waals surface area (Å²) in [6.45, 7) is 0.823. The zero-order valence-electron chi connectivity index (χ0n) is 18.3. The van der Waals surface area contributed by atoms with Crippen molar-refractivity contribution in [2.24, 2.45) is 0 Å². The Morgan fingerprint density at radius 3 is 2.47 bits per heavy atom. The van der Waals surface area contributed by atoms with Crippen molar-refractivity contribution in [3.05, 3.63) is 111 Å². The number of nitrogens with zero attached hydrogens (tertiary/aromatic N) is 2. The lowest BCUT2D eigenvalue weighted by atomic mass is 10.1. The lowest BCUT2D eigenvalue weighted by Gasteiger charge is -2.14. The number of carbonyl (C=O) groups excluding carboxylic acids is 1. The summed E-state index contributed by atoms with van der Waals surface area (Å²) in [7, 11) is 0. The number of nitro benzene ring substituents is 1. The van der Waals surface area contributed by atoms with Crippen LogP contribution in [0.3, 0.4) is 0 Å². The third-order valence-electron chi connectivity index (χ3n) is 5.27. The monoisotopic (exact) mass is 490 g/mol. The van der Waals surface area contributed by atoms with Gasteiger partial charge in [0.15, 0.2) is 0 Å². The molecule has 1 saturated heterocycles. The van der Waals surface area contributed by atoms with Crippen LogP contribution in [-0.4, -0.2) is 26.6 Å². The number of carbonyl (C=O) groups is 1. The fourth-order valence-corrected chi connectivity index (χ4v) is 4.83. The molecule has 0 aliphatic carbocycles. The van der Waals surface area contributed by atoms with E-state index < -0.39 is 4.92 Å². The second kappa shape index (κ2) is 11.1. The van der Waals surface area contributed by atoms with E-state index in [0.717, 1.165) is 18.4 Å². The maximum atomic E-state index is 12.8. The third-order valence-corrected chi connectivity index (χ3v) is 6.65. The van der Waals surface area contributed by atoms with E-state index in [4.69, 9.17) is 17.0 Å². The van der Waals surface area contributed by atoms with Gasteiger partial charge in [-0.25, -0.2) is 0 Å². The fourth-order valence-electron chi connectivity index (χ4n) is 3.52. The van der Waals surface area contributed by atoms with Crippen molar-refractivity contribution in [3.63, 3.8) is 0 Å². The van der Waals surface area contributed by atoms with E-state index >= 15 is 0 Å². The Hall–Kier alpha value is -3.49. The number of thioether (sulfide) groups is 1. The van der Waals surface area contributed by atoms with Gasteiger partial charge in [-0.05, 0) is 47.7 Å². The molecule has 1 heterocycles. The number of hydrogen-bond donors (Lipinski definition) is 0. The van der Waals surface area contributed by atoms with E-state index in [1.807, 2.05) is 48.5 Å². The molecule has 4 rings (SSSR count). The quantitative estimate of drug-likeness (QED) is 0.158. The first kappa shape index (κ1) is 23.7. The topological polar surface area (TPSA) is 72.7 Å². The lowest BCUT2D eigenvalue weighted by Crippen LogP contribution is -2.29. The minimum absolute atomic E-state index is 0.0360. The van der Waals surface area contributed by atoms with Gasteiger partial charge in [0.05, 0.1) is 9.83 Å². The van der Waals surface area contributed by atoms with Gasteiger partial charge in [-0.1, -0.05) is 78.6 Å². The molecule has 1 amide bonds. The predicted molar refractivity (Wildman–Crippen MR) is 139 cm³/mol. The zero-order valence-corrected chi connectivity index (χ0v) is 19.9. The average Bonchev–Trinajstić information content (AvgIpc) is 3.11. The van der Waals surface area contributed by atoms with E-state index in [0.29, 0.717) is 27.1 Å². The Bertz CT molecular complexity index is 1230. The Kier molecular flexibility index (Phi) is 7.72. The molecule has 3 aromatic rings. The fraction of sp³-hybridized carbons (Fsp3) is 0.154. The smallest absolute Gasteiger partial charge is 0.269 e. The maximum absolute atomic E-state index is 12.8. The van der Waals surface area contributed by atoms with E-state index in [2.05, 4.69) is 12.1 Å². The van der Waals surface area contributed by atoms with E-state index in [1.54, 1.807) is 17.0 Å². The van der Waals surface area contributed by atoms with Crippen LogP contribution in [-0.2, 0) is 17.8 Å². The van der Waals surface area contributed by atoms with Crippen LogP contribution >= 0.6 is 24.0 Å². The summed E-state index contributed by atoms with van der Waals surface area (Å²) in [5.41, 5.74) is 2.87. The molecule has 1 aliphatic heterocycles. The van der Waals surface area contributed by atoms with Gasteiger partial charge in [0.2, 0.25) is 0 Å². The molecule has 8 heteroatoms. The molecule has 0 aromatic heterocycles. The van der Waals surface area contributed by atoms with Crippen LogP contribution in [0, 0.1) is 10.1 Å². The van der Waals surface area contributed by atoms with Crippen molar-refractivity contribution in [1.29, 1.82) is 0 Å². The lowest BCUT2D eigenvalue weighted by molar-refractivity contribution is -0.384. The summed E-state index contributed by atoms with van der Waals surface area (Å²) < 4.78 is 6.33. The molecule has 0 N–H and O–H groups in total. The third kappa shape index (κ3) is 6.09. The number of benzene rings is 3. The van der Waals surface area contributed by atoms with Crippen molar-refractivity contribution in [2.45, 2.75) is 19.4 Å². The van der Waals surface area contributed by atoms with Gasteiger partial charge in [0.1, 0.15) is 16.7 Å². The standard InChI is InChI=1S/C26H22N2O4S2/c29-25-24(34-26(33)27(25)15-5-9-19-6-2-1-3-7-19)17-20-11-13-23(14-12-20)32-18-21-8-4-10-22(16-21)28(30)31/h1-4,6-8,10-14,16-17H,5,9,15,18H2. The number of hydrogen-bond acceptors (Lipinski definition) is 6. The minimum atomic E-state index is -0.426. The summed E-state index contributed by atoms with van der Waals surface area (Å²) in [5.74, 6) is 0.575. The summed E-state index contributed by atoms with van der Waals surface area (Å²) in [6.07, 6.45) is 3.58. The van der Waals surface area contributed by atoms with Crippen LogP contribution in [0.1, 0.15) is 23.1 Å². The molecule has 0 unspecified atom stereocenters. The van der Waals surface area contributed by atoms with Crippen LogP contribution in [0.5, 0.6) is 5.75 Å². The van der Waals surface area contributed by atoms with Gasteiger partial charge in [-0.15, -0.1) is 0 Å². The molecule has 0 saturated carbocycles. The SMILES string of the molecule is O=C1C(=Cc2ccc(OCc3cccc([N+](=O)[O-])c3)cc2)SC(=S)N1CCCc1ccccc1. The zero-order chi connectivity index (χ0) is 23.9. The second-order valence-electron chi connectivity index (χ2n) is 7.71. The summed E-state index contributed by atoms with van der Waals surface area (Å²) >= 11 is 6.75. The average molecular weight is 491 g/mol. The second-order valence-corrected chi connectivity index (χ2v) is 9.38. The Labute approximate surface area is 207 Å². The maximum Gasteiger partial charge on any atom is 0.269 e. The van der Waals surface area contributed by atoms with E-state index in [1.165, 1.54) is 29.5 Å². The van der Waals surface area contributed by atoms with Crippen molar-refractivity contribution >= 4 is 46.0 Å². The van der Waals surface area contributed by atoms with Gasteiger partial charge in [0, 0.05) is 18.7 Å². The van der Waals surface area contributed by atoms with Gasteiger partial charge in [-0.3, -0.25) is 19.8 Å².